The zero-order chi connectivity index (χ0) is 14.8. The molecule has 2 aromatic rings. The first-order valence-electron chi connectivity index (χ1n) is 6.42. The van der Waals surface area contributed by atoms with Gasteiger partial charge in [0.05, 0.1) is 0 Å². The van der Waals surface area contributed by atoms with E-state index in [1.54, 1.807) is 17.0 Å². The Kier molecular flexibility index (Phi) is 4.62. The smallest absolute Gasteiger partial charge is 0.221 e. The molecular formula is C15H15ClFN5. The van der Waals surface area contributed by atoms with Crippen molar-refractivity contribution in [2.45, 2.75) is 6.17 Å². The summed E-state index contributed by atoms with van der Waals surface area (Å²) >= 11 is 0. The van der Waals surface area contributed by atoms with Crippen LogP contribution in [0.5, 0.6) is 0 Å². The second-order valence-corrected chi connectivity index (χ2v) is 4.59. The van der Waals surface area contributed by atoms with E-state index in [9.17, 15) is 4.39 Å². The van der Waals surface area contributed by atoms with Gasteiger partial charge >= 0.3 is 0 Å². The summed E-state index contributed by atoms with van der Waals surface area (Å²) < 4.78 is 13.1. The minimum atomic E-state index is -0.422. The second kappa shape index (κ2) is 6.44. The van der Waals surface area contributed by atoms with Gasteiger partial charge in [-0.2, -0.15) is 4.99 Å². The van der Waals surface area contributed by atoms with Crippen molar-refractivity contribution in [1.29, 1.82) is 0 Å². The molecule has 1 aliphatic heterocycles. The van der Waals surface area contributed by atoms with E-state index in [0.717, 1.165) is 5.56 Å². The molecule has 3 rings (SSSR count). The normalized spacial score (nSPS) is 17.3. The zero-order valence-corrected chi connectivity index (χ0v) is 12.4. The van der Waals surface area contributed by atoms with Crippen molar-refractivity contribution in [2.75, 3.05) is 4.90 Å². The maximum atomic E-state index is 13.1. The first-order valence-corrected chi connectivity index (χ1v) is 6.42. The molecule has 4 N–H and O–H groups in total. The number of halogens is 2. The Bertz CT molecular complexity index is 700. The third-order valence-corrected chi connectivity index (χ3v) is 3.18. The molecule has 0 aliphatic carbocycles. The fourth-order valence-electron chi connectivity index (χ4n) is 2.23. The number of rotatable bonds is 2. The van der Waals surface area contributed by atoms with E-state index in [1.165, 1.54) is 12.1 Å². The van der Waals surface area contributed by atoms with Crippen molar-refractivity contribution >= 4 is 30.0 Å². The van der Waals surface area contributed by atoms with E-state index < -0.39 is 6.17 Å². The lowest BCUT2D eigenvalue weighted by Crippen LogP contribution is -2.44. The molecule has 5 nitrogen and oxygen atoms in total. The van der Waals surface area contributed by atoms with E-state index in [2.05, 4.69) is 9.98 Å². The molecule has 1 heterocycles. The van der Waals surface area contributed by atoms with Crippen LogP contribution < -0.4 is 16.4 Å². The molecule has 0 spiro atoms. The Morgan fingerprint density at radius 1 is 0.955 bits per heavy atom. The molecule has 0 radical (unpaired) electrons. The lowest BCUT2D eigenvalue weighted by Gasteiger charge is -2.32. The number of anilines is 1. The summed E-state index contributed by atoms with van der Waals surface area (Å²) in [5.41, 5.74) is 13.3. The summed E-state index contributed by atoms with van der Waals surface area (Å²) in [7, 11) is 0. The molecule has 0 amide bonds. The Hall–Kier alpha value is -2.60. The molecule has 0 fully saturated rings. The lowest BCUT2D eigenvalue weighted by molar-refractivity contribution is 0.627. The largest absolute Gasteiger partial charge is 0.369 e. The number of hydrogen-bond donors (Lipinski definition) is 2. The van der Waals surface area contributed by atoms with E-state index in [4.69, 9.17) is 11.5 Å². The average molecular weight is 320 g/mol. The molecule has 0 aromatic heterocycles. The highest BCUT2D eigenvalue weighted by atomic mass is 35.5. The molecule has 0 bridgehead atoms. The number of guanidine groups is 2. The third-order valence-electron chi connectivity index (χ3n) is 3.18. The predicted molar refractivity (Wildman–Crippen MR) is 88.6 cm³/mol. The van der Waals surface area contributed by atoms with Crippen molar-refractivity contribution in [3.8, 4) is 0 Å². The first-order chi connectivity index (χ1) is 10.1. The quantitative estimate of drug-likeness (QED) is 0.892. The maximum absolute atomic E-state index is 13.1. The SMILES string of the molecule is Cl.NC1=NC(c2ccccc2)N(c2ccc(F)cc2)C(N)=N1. The summed E-state index contributed by atoms with van der Waals surface area (Å²) in [4.78, 5) is 10.0. The molecule has 1 unspecified atom stereocenters. The highest BCUT2D eigenvalue weighted by molar-refractivity contribution is 6.04. The van der Waals surface area contributed by atoms with Crippen LogP contribution in [0.15, 0.2) is 64.6 Å². The van der Waals surface area contributed by atoms with Gasteiger partial charge in [-0.1, -0.05) is 30.3 Å². The van der Waals surface area contributed by atoms with Crippen LogP contribution in [0.3, 0.4) is 0 Å². The Balaban J connectivity index is 0.00000176. The van der Waals surface area contributed by atoms with Gasteiger partial charge in [-0.25, -0.2) is 9.38 Å². The van der Waals surface area contributed by atoms with Crippen LogP contribution in [-0.4, -0.2) is 11.9 Å². The molecule has 2 aromatic carbocycles. The Labute approximate surface area is 133 Å². The van der Waals surface area contributed by atoms with Gasteiger partial charge in [0, 0.05) is 5.69 Å². The molecule has 22 heavy (non-hydrogen) atoms. The number of aliphatic imine (C=N–C) groups is 2. The topological polar surface area (TPSA) is 80.0 Å². The maximum Gasteiger partial charge on any atom is 0.221 e. The molecule has 0 saturated carbocycles. The van der Waals surface area contributed by atoms with E-state index >= 15 is 0 Å². The third kappa shape index (κ3) is 3.01. The summed E-state index contributed by atoms with van der Waals surface area (Å²) in [5, 5.41) is 0. The molecule has 1 aliphatic rings. The van der Waals surface area contributed by atoms with Crippen LogP contribution in [0.25, 0.3) is 0 Å². The van der Waals surface area contributed by atoms with Crippen LogP contribution in [0.1, 0.15) is 11.7 Å². The van der Waals surface area contributed by atoms with Crippen LogP contribution >= 0.6 is 12.4 Å². The van der Waals surface area contributed by atoms with Gasteiger partial charge in [0.2, 0.25) is 11.9 Å². The van der Waals surface area contributed by atoms with Crippen molar-refractivity contribution in [3.63, 3.8) is 0 Å². The van der Waals surface area contributed by atoms with E-state index in [-0.39, 0.29) is 30.1 Å². The number of nitrogens with two attached hydrogens (primary N) is 2. The zero-order valence-electron chi connectivity index (χ0n) is 11.6. The van der Waals surface area contributed by atoms with Crippen molar-refractivity contribution in [3.05, 3.63) is 66.0 Å². The molecule has 114 valence electrons. The number of nitrogens with zero attached hydrogens (tertiary/aromatic N) is 3. The van der Waals surface area contributed by atoms with Crippen molar-refractivity contribution < 1.29 is 4.39 Å². The van der Waals surface area contributed by atoms with Crippen molar-refractivity contribution in [2.24, 2.45) is 21.5 Å². The Morgan fingerprint density at radius 2 is 1.59 bits per heavy atom. The Morgan fingerprint density at radius 3 is 2.23 bits per heavy atom. The highest BCUT2D eigenvalue weighted by Gasteiger charge is 2.27. The lowest BCUT2D eigenvalue weighted by atomic mass is 10.1. The van der Waals surface area contributed by atoms with Gasteiger partial charge in [-0.15, -0.1) is 12.4 Å². The minimum Gasteiger partial charge on any atom is -0.369 e. The standard InChI is InChI=1S/C15H14FN5.ClH/c16-11-6-8-12(9-7-11)21-13(10-4-2-1-3-5-10)19-14(17)20-15(21)18;/h1-9,13H,(H4,17,18,19,20);1H. The molecule has 7 heteroatoms. The number of hydrogen-bond acceptors (Lipinski definition) is 5. The molecule has 1 atom stereocenters. The van der Waals surface area contributed by atoms with Crippen LogP contribution in [0.4, 0.5) is 10.1 Å². The van der Waals surface area contributed by atoms with Crippen LogP contribution in [0, 0.1) is 5.82 Å². The number of benzene rings is 2. The molecular weight excluding hydrogens is 305 g/mol. The fourth-order valence-corrected chi connectivity index (χ4v) is 2.23. The van der Waals surface area contributed by atoms with E-state index in [1.807, 2.05) is 30.3 Å². The minimum absolute atomic E-state index is 0. The van der Waals surface area contributed by atoms with Crippen LogP contribution in [0.2, 0.25) is 0 Å². The highest BCUT2D eigenvalue weighted by Crippen LogP contribution is 2.30. The molecule has 0 saturated heterocycles. The van der Waals surface area contributed by atoms with Gasteiger partial charge in [-0.3, -0.25) is 4.90 Å². The first kappa shape index (κ1) is 15.8. The predicted octanol–water partition coefficient (Wildman–Crippen LogP) is 2.40. The second-order valence-electron chi connectivity index (χ2n) is 4.59. The van der Waals surface area contributed by atoms with Gasteiger partial charge in [0.25, 0.3) is 0 Å². The van der Waals surface area contributed by atoms with Crippen molar-refractivity contribution in [1.82, 2.24) is 0 Å². The monoisotopic (exact) mass is 319 g/mol. The van der Waals surface area contributed by atoms with Gasteiger partial charge in [-0.05, 0) is 29.8 Å². The fraction of sp³-hybridized carbons (Fsp3) is 0.0667. The van der Waals surface area contributed by atoms with Gasteiger partial charge in [0.1, 0.15) is 5.82 Å². The van der Waals surface area contributed by atoms with E-state index in [0.29, 0.717) is 5.69 Å². The summed E-state index contributed by atoms with van der Waals surface area (Å²) in [6, 6.07) is 15.6. The summed E-state index contributed by atoms with van der Waals surface area (Å²) in [6.45, 7) is 0. The van der Waals surface area contributed by atoms with Crippen LogP contribution in [-0.2, 0) is 0 Å². The van der Waals surface area contributed by atoms with Gasteiger partial charge < -0.3 is 11.5 Å². The average Bonchev–Trinajstić information content (AvgIpc) is 2.49. The van der Waals surface area contributed by atoms with Gasteiger partial charge in [0.15, 0.2) is 6.17 Å². The summed E-state index contributed by atoms with van der Waals surface area (Å²) in [5.74, 6) is 0.0354. The summed E-state index contributed by atoms with van der Waals surface area (Å²) in [6.07, 6.45) is -0.422.